The molecule has 2 rings (SSSR count). The van der Waals surface area contributed by atoms with Gasteiger partial charge in [-0.3, -0.25) is 4.79 Å². The normalized spacial score (nSPS) is 15.3. The van der Waals surface area contributed by atoms with Crippen LogP contribution in [0.5, 0.6) is 11.5 Å². The summed E-state index contributed by atoms with van der Waals surface area (Å²) in [5.74, 6) is 1.54. The summed E-state index contributed by atoms with van der Waals surface area (Å²) in [5.41, 5.74) is 0.907. The predicted octanol–water partition coefficient (Wildman–Crippen LogP) is 1.02. The second kappa shape index (κ2) is 8.74. The lowest BCUT2D eigenvalue weighted by Gasteiger charge is -2.29. The van der Waals surface area contributed by atoms with Crippen LogP contribution in [0.4, 0.5) is 0 Å². The van der Waals surface area contributed by atoms with Gasteiger partial charge in [-0.1, -0.05) is 0 Å². The summed E-state index contributed by atoms with van der Waals surface area (Å²) in [6.07, 6.45) is 1.70. The summed E-state index contributed by atoms with van der Waals surface area (Å²) in [4.78, 5) is 14.5. The summed E-state index contributed by atoms with van der Waals surface area (Å²) in [6, 6.07) is 5.56. The van der Waals surface area contributed by atoms with Gasteiger partial charge in [0.15, 0.2) is 0 Å². The molecule has 1 heterocycles. The standard InChI is InChI=1S/C17H26N2O4/c1-22-15-4-3-14(16(11-15)23-2)12-19(9-10-20)17(21)13-5-7-18-8-6-13/h3-4,11,13,18,20H,5-10,12H2,1-2H3. The van der Waals surface area contributed by atoms with Crippen LogP contribution in [0.2, 0.25) is 0 Å². The lowest BCUT2D eigenvalue weighted by Crippen LogP contribution is -2.41. The zero-order valence-corrected chi connectivity index (χ0v) is 13.9. The van der Waals surface area contributed by atoms with Gasteiger partial charge < -0.3 is 24.8 Å². The molecule has 2 N–H and O–H groups in total. The van der Waals surface area contributed by atoms with Crippen LogP contribution in [0.1, 0.15) is 18.4 Å². The molecule has 0 aliphatic carbocycles. The topological polar surface area (TPSA) is 71.0 Å². The molecule has 0 radical (unpaired) electrons. The van der Waals surface area contributed by atoms with Crippen LogP contribution < -0.4 is 14.8 Å². The molecule has 1 fully saturated rings. The molecule has 0 saturated carbocycles. The minimum atomic E-state index is -0.0464. The Morgan fingerprint density at radius 1 is 1.30 bits per heavy atom. The van der Waals surface area contributed by atoms with Gasteiger partial charge in [-0.15, -0.1) is 0 Å². The number of nitrogens with zero attached hydrogens (tertiary/aromatic N) is 1. The molecule has 0 atom stereocenters. The minimum Gasteiger partial charge on any atom is -0.497 e. The van der Waals surface area contributed by atoms with Gasteiger partial charge in [0, 0.05) is 30.6 Å². The number of ether oxygens (including phenoxy) is 2. The van der Waals surface area contributed by atoms with Gasteiger partial charge in [-0.2, -0.15) is 0 Å². The number of carbonyl (C=O) groups is 1. The SMILES string of the molecule is COc1ccc(CN(CCO)C(=O)C2CCNCC2)c(OC)c1. The van der Waals surface area contributed by atoms with Crippen LogP contribution in [0.15, 0.2) is 18.2 Å². The smallest absolute Gasteiger partial charge is 0.226 e. The van der Waals surface area contributed by atoms with Gasteiger partial charge in [0.05, 0.1) is 20.8 Å². The van der Waals surface area contributed by atoms with Gasteiger partial charge in [-0.25, -0.2) is 0 Å². The molecule has 0 aromatic heterocycles. The molecule has 0 unspecified atom stereocenters. The summed E-state index contributed by atoms with van der Waals surface area (Å²) in [5, 5.41) is 12.6. The molecule has 23 heavy (non-hydrogen) atoms. The minimum absolute atomic E-state index is 0.0343. The molecule has 1 aliphatic rings. The maximum Gasteiger partial charge on any atom is 0.226 e. The first-order chi connectivity index (χ1) is 11.2. The summed E-state index contributed by atoms with van der Waals surface area (Å²) >= 11 is 0. The van der Waals surface area contributed by atoms with Gasteiger partial charge in [0.25, 0.3) is 0 Å². The predicted molar refractivity (Wildman–Crippen MR) is 87.6 cm³/mol. The van der Waals surface area contributed by atoms with Crippen LogP contribution in [0.3, 0.4) is 0 Å². The lowest BCUT2D eigenvalue weighted by atomic mass is 9.96. The molecule has 1 amide bonds. The van der Waals surface area contributed by atoms with Crippen molar-refractivity contribution in [1.82, 2.24) is 10.2 Å². The third kappa shape index (κ3) is 4.59. The van der Waals surface area contributed by atoms with Crippen LogP contribution in [-0.4, -0.2) is 56.4 Å². The number of amides is 1. The van der Waals surface area contributed by atoms with E-state index in [-0.39, 0.29) is 18.4 Å². The van der Waals surface area contributed by atoms with E-state index >= 15 is 0 Å². The Bertz CT molecular complexity index is 515. The quantitative estimate of drug-likeness (QED) is 0.784. The van der Waals surface area contributed by atoms with Crippen LogP contribution >= 0.6 is 0 Å². The van der Waals surface area contributed by atoms with E-state index in [9.17, 15) is 9.90 Å². The Kier molecular flexibility index (Phi) is 6.67. The highest BCUT2D eigenvalue weighted by molar-refractivity contribution is 5.79. The molecular formula is C17H26N2O4. The molecule has 6 heteroatoms. The van der Waals surface area contributed by atoms with Crippen molar-refractivity contribution in [3.63, 3.8) is 0 Å². The molecule has 1 aromatic carbocycles. The number of methoxy groups -OCH3 is 2. The van der Waals surface area contributed by atoms with Crippen LogP contribution in [-0.2, 0) is 11.3 Å². The summed E-state index contributed by atoms with van der Waals surface area (Å²) < 4.78 is 10.6. The van der Waals surface area contributed by atoms with Crippen molar-refractivity contribution in [1.29, 1.82) is 0 Å². The second-order valence-corrected chi connectivity index (χ2v) is 5.69. The third-order valence-electron chi connectivity index (χ3n) is 4.23. The van der Waals surface area contributed by atoms with Crippen molar-refractivity contribution in [2.45, 2.75) is 19.4 Å². The van der Waals surface area contributed by atoms with E-state index in [1.807, 2.05) is 18.2 Å². The van der Waals surface area contributed by atoms with Gasteiger partial charge in [0.1, 0.15) is 11.5 Å². The first-order valence-electron chi connectivity index (χ1n) is 8.01. The first-order valence-corrected chi connectivity index (χ1v) is 8.01. The van der Waals surface area contributed by atoms with Gasteiger partial charge in [0.2, 0.25) is 5.91 Å². The highest BCUT2D eigenvalue weighted by Crippen LogP contribution is 2.26. The zero-order valence-electron chi connectivity index (χ0n) is 13.9. The fraction of sp³-hybridized carbons (Fsp3) is 0.588. The highest BCUT2D eigenvalue weighted by atomic mass is 16.5. The van der Waals surface area contributed by atoms with E-state index < -0.39 is 0 Å². The summed E-state index contributed by atoms with van der Waals surface area (Å²) in [6.45, 7) is 2.45. The van der Waals surface area contributed by atoms with E-state index in [4.69, 9.17) is 9.47 Å². The number of benzene rings is 1. The molecule has 1 aromatic rings. The Morgan fingerprint density at radius 2 is 2.04 bits per heavy atom. The first kappa shape index (κ1) is 17.6. The number of piperidine rings is 1. The van der Waals surface area contributed by atoms with Crippen LogP contribution in [0, 0.1) is 5.92 Å². The van der Waals surface area contributed by atoms with Crippen molar-refractivity contribution >= 4 is 5.91 Å². The second-order valence-electron chi connectivity index (χ2n) is 5.69. The lowest BCUT2D eigenvalue weighted by molar-refractivity contribution is -0.137. The van der Waals surface area contributed by atoms with Crippen molar-refractivity contribution in [3.8, 4) is 11.5 Å². The number of carbonyl (C=O) groups excluding carboxylic acids is 1. The van der Waals surface area contributed by atoms with Crippen molar-refractivity contribution in [2.24, 2.45) is 5.92 Å². The average molecular weight is 322 g/mol. The number of nitrogens with one attached hydrogen (secondary N) is 1. The van der Waals surface area contributed by atoms with Gasteiger partial charge >= 0.3 is 0 Å². The molecule has 128 valence electrons. The number of rotatable bonds is 7. The Morgan fingerprint density at radius 3 is 2.65 bits per heavy atom. The third-order valence-corrected chi connectivity index (χ3v) is 4.23. The van der Waals surface area contributed by atoms with E-state index in [1.165, 1.54) is 0 Å². The largest absolute Gasteiger partial charge is 0.497 e. The Labute approximate surface area is 137 Å². The zero-order chi connectivity index (χ0) is 16.7. The number of hydrogen-bond acceptors (Lipinski definition) is 5. The summed E-state index contributed by atoms with van der Waals surface area (Å²) in [7, 11) is 3.20. The molecule has 0 bridgehead atoms. The highest BCUT2D eigenvalue weighted by Gasteiger charge is 2.26. The molecule has 1 saturated heterocycles. The molecule has 1 aliphatic heterocycles. The fourth-order valence-electron chi connectivity index (χ4n) is 2.90. The van der Waals surface area contributed by atoms with E-state index in [2.05, 4.69) is 5.32 Å². The number of hydrogen-bond donors (Lipinski definition) is 2. The van der Waals surface area contributed by atoms with Crippen molar-refractivity contribution in [2.75, 3.05) is 40.5 Å². The number of aliphatic hydroxyl groups is 1. The van der Waals surface area contributed by atoms with Gasteiger partial charge in [-0.05, 0) is 38.1 Å². The molecule has 0 spiro atoms. The van der Waals surface area contributed by atoms with Crippen LogP contribution in [0.25, 0.3) is 0 Å². The Hall–Kier alpha value is -1.79. The maximum atomic E-state index is 12.7. The Balaban J connectivity index is 2.13. The van der Waals surface area contributed by atoms with E-state index in [0.29, 0.717) is 24.6 Å². The number of aliphatic hydroxyl groups excluding tert-OH is 1. The van der Waals surface area contributed by atoms with Crippen molar-refractivity contribution < 1.29 is 19.4 Å². The fourth-order valence-corrected chi connectivity index (χ4v) is 2.90. The molecule has 6 nitrogen and oxygen atoms in total. The molecular weight excluding hydrogens is 296 g/mol. The average Bonchev–Trinajstić information content (AvgIpc) is 2.61. The van der Waals surface area contributed by atoms with E-state index in [0.717, 1.165) is 31.5 Å². The maximum absolute atomic E-state index is 12.7. The van der Waals surface area contributed by atoms with E-state index in [1.54, 1.807) is 19.1 Å². The monoisotopic (exact) mass is 322 g/mol. The van der Waals surface area contributed by atoms with Crippen molar-refractivity contribution in [3.05, 3.63) is 23.8 Å².